The van der Waals surface area contributed by atoms with Crippen LogP contribution < -0.4 is 0 Å². The number of aromatic carboxylic acids is 1. The molecule has 1 aromatic carbocycles. The van der Waals surface area contributed by atoms with E-state index in [4.69, 9.17) is 5.11 Å². The minimum absolute atomic E-state index is 0.180. The van der Waals surface area contributed by atoms with Crippen molar-refractivity contribution in [2.24, 2.45) is 7.05 Å². The van der Waals surface area contributed by atoms with E-state index in [2.05, 4.69) is 0 Å². The zero-order valence-corrected chi connectivity index (χ0v) is 8.10. The molecule has 2 rings (SSSR count). The second-order valence-electron chi connectivity index (χ2n) is 3.29. The van der Waals surface area contributed by atoms with Gasteiger partial charge in [0.15, 0.2) is 6.29 Å². The minimum atomic E-state index is -0.995. The van der Waals surface area contributed by atoms with E-state index in [0.29, 0.717) is 10.9 Å². The average Bonchev–Trinajstić information content (AvgIpc) is 2.56. The highest BCUT2D eigenvalue weighted by Gasteiger charge is 2.13. The average molecular weight is 203 g/mol. The highest BCUT2D eigenvalue weighted by atomic mass is 16.4. The Hall–Kier alpha value is -2.10. The summed E-state index contributed by atoms with van der Waals surface area (Å²) in [4.78, 5) is 21.6. The molecule has 4 heteroatoms. The maximum Gasteiger partial charge on any atom is 0.352 e. The van der Waals surface area contributed by atoms with E-state index in [-0.39, 0.29) is 5.69 Å². The van der Waals surface area contributed by atoms with Gasteiger partial charge in [0.2, 0.25) is 0 Å². The smallest absolute Gasteiger partial charge is 0.352 e. The SMILES string of the molecule is Cn1c(C(=O)O)cc2c(C=O)cccc21. The monoisotopic (exact) mass is 203 g/mol. The number of rotatable bonds is 2. The van der Waals surface area contributed by atoms with E-state index in [1.807, 2.05) is 0 Å². The third kappa shape index (κ3) is 1.30. The van der Waals surface area contributed by atoms with Crippen molar-refractivity contribution < 1.29 is 14.7 Å². The Balaban J connectivity index is 2.86. The Morgan fingerprint density at radius 1 is 1.47 bits per heavy atom. The predicted molar refractivity (Wildman–Crippen MR) is 55.3 cm³/mol. The number of nitrogens with zero attached hydrogens (tertiary/aromatic N) is 1. The summed E-state index contributed by atoms with van der Waals surface area (Å²) in [5.41, 5.74) is 1.44. The molecular weight excluding hydrogens is 194 g/mol. The first kappa shape index (κ1) is 9.45. The van der Waals surface area contributed by atoms with Gasteiger partial charge >= 0.3 is 5.97 Å². The Bertz CT molecular complexity index is 554. The predicted octanol–water partition coefficient (Wildman–Crippen LogP) is 1.69. The molecule has 0 saturated heterocycles. The molecule has 2 aromatic rings. The molecule has 0 unspecified atom stereocenters. The molecule has 76 valence electrons. The highest BCUT2D eigenvalue weighted by Crippen LogP contribution is 2.21. The van der Waals surface area contributed by atoms with Crippen LogP contribution in [-0.2, 0) is 7.05 Å². The fourth-order valence-corrected chi connectivity index (χ4v) is 1.69. The van der Waals surface area contributed by atoms with Crippen molar-refractivity contribution in [3.8, 4) is 0 Å². The summed E-state index contributed by atoms with van der Waals surface area (Å²) in [5.74, 6) is -0.995. The molecule has 0 aliphatic rings. The highest BCUT2D eigenvalue weighted by molar-refractivity contribution is 6.01. The number of aromatic nitrogens is 1. The van der Waals surface area contributed by atoms with Crippen LogP contribution in [0.15, 0.2) is 24.3 Å². The van der Waals surface area contributed by atoms with Crippen molar-refractivity contribution in [1.82, 2.24) is 4.57 Å². The summed E-state index contributed by atoms with van der Waals surface area (Å²) in [6.45, 7) is 0. The van der Waals surface area contributed by atoms with Gasteiger partial charge in [0.1, 0.15) is 5.69 Å². The quantitative estimate of drug-likeness (QED) is 0.755. The molecular formula is C11H9NO3. The van der Waals surface area contributed by atoms with Crippen molar-refractivity contribution in [1.29, 1.82) is 0 Å². The van der Waals surface area contributed by atoms with Crippen molar-refractivity contribution in [2.75, 3.05) is 0 Å². The first-order chi connectivity index (χ1) is 7.15. The van der Waals surface area contributed by atoms with Crippen LogP contribution in [0, 0.1) is 0 Å². The number of carbonyl (C=O) groups excluding carboxylic acids is 1. The Labute approximate surface area is 85.7 Å². The fourth-order valence-electron chi connectivity index (χ4n) is 1.69. The van der Waals surface area contributed by atoms with Gasteiger partial charge in [0.25, 0.3) is 0 Å². The number of aldehydes is 1. The Kier molecular flexibility index (Phi) is 2.04. The zero-order chi connectivity index (χ0) is 11.0. The standard InChI is InChI=1S/C11H9NO3/c1-12-9-4-2-3-7(6-13)8(9)5-10(12)11(14)15/h2-6H,1H3,(H,14,15). The van der Waals surface area contributed by atoms with Gasteiger partial charge in [0.05, 0.1) is 0 Å². The molecule has 0 bridgehead atoms. The van der Waals surface area contributed by atoms with Crippen LogP contribution in [0.1, 0.15) is 20.8 Å². The second kappa shape index (κ2) is 3.24. The number of hydrogen-bond acceptors (Lipinski definition) is 2. The summed E-state index contributed by atoms with van der Waals surface area (Å²) >= 11 is 0. The van der Waals surface area contributed by atoms with Crippen molar-refractivity contribution >= 4 is 23.2 Å². The van der Waals surface area contributed by atoms with E-state index < -0.39 is 5.97 Å². The van der Waals surface area contributed by atoms with Crippen molar-refractivity contribution in [3.63, 3.8) is 0 Å². The van der Waals surface area contributed by atoms with Crippen LogP contribution in [0.2, 0.25) is 0 Å². The van der Waals surface area contributed by atoms with Gasteiger partial charge in [-0.1, -0.05) is 12.1 Å². The minimum Gasteiger partial charge on any atom is -0.477 e. The molecule has 1 aromatic heterocycles. The Morgan fingerprint density at radius 2 is 2.20 bits per heavy atom. The van der Waals surface area contributed by atoms with Gasteiger partial charge in [0, 0.05) is 23.5 Å². The van der Waals surface area contributed by atoms with Crippen LogP contribution in [0.3, 0.4) is 0 Å². The van der Waals surface area contributed by atoms with Gasteiger partial charge in [-0.3, -0.25) is 4.79 Å². The van der Waals surface area contributed by atoms with Crippen molar-refractivity contribution in [3.05, 3.63) is 35.5 Å². The van der Waals surface area contributed by atoms with Crippen LogP contribution >= 0.6 is 0 Å². The molecule has 1 heterocycles. The summed E-state index contributed by atoms with van der Waals surface area (Å²) in [7, 11) is 1.67. The first-order valence-corrected chi connectivity index (χ1v) is 4.42. The third-order valence-corrected chi connectivity index (χ3v) is 2.47. The molecule has 0 atom stereocenters. The molecule has 0 amide bonds. The van der Waals surface area contributed by atoms with Gasteiger partial charge in [-0.05, 0) is 12.1 Å². The molecule has 1 N–H and O–H groups in total. The number of carboxylic acids is 1. The van der Waals surface area contributed by atoms with Gasteiger partial charge in [-0.15, -0.1) is 0 Å². The number of hydrogen-bond donors (Lipinski definition) is 1. The van der Waals surface area contributed by atoms with E-state index in [1.54, 1.807) is 29.8 Å². The van der Waals surface area contributed by atoms with E-state index in [1.165, 1.54) is 6.07 Å². The lowest BCUT2D eigenvalue weighted by molar-refractivity contribution is 0.0687. The fraction of sp³-hybridized carbons (Fsp3) is 0.0909. The number of fused-ring (bicyclic) bond motifs is 1. The van der Waals surface area contributed by atoms with Crippen molar-refractivity contribution in [2.45, 2.75) is 0 Å². The lowest BCUT2D eigenvalue weighted by Gasteiger charge is -1.98. The lowest BCUT2D eigenvalue weighted by atomic mass is 10.1. The van der Waals surface area contributed by atoms with E-state index in [9.17, 15) is 9.59 Å². The molecule has 0 saturated carbocycles. The normalized spacial score (nSPS) is 10.5. The maximum absolute atomic E-state index is 10.9. The second-order valence-corrected chi connectivity index (χ2v) is 3.29. The third-order valence-electron chi connectivity index (χ3n) is 2.47. The molecule has 0 radical (unpaired) electrons. The molecule has 4 nitrogen and oxygen atoms in total. The summed E-state index contributed by atoms with van der Waals surface area (Å²) < 4.78 is 1.56. The molecule has 0 fully saturated rings. The van der Waals surface area contributed by atoms with Gasteiger partial charge in [-0.25, -0.2) is 4.79 Å². The summed E-state index contributed by atoms with van der Waals surface area (Å²) in [5, 5.41) is 9.59. The van der Waals surface area contributed by atoms with Crippen LogP contribution in [0.5, 0.6) is 0 Å². The summed E-state index contributed by atoms with van der Waals surface area (Å²) in [6.07, 6.45) is 0.730. The molecule has 0 spiro atoms. The maximum atomic E-state index is 10.9. The molecule has 0 aliphatic carbocycles. The lowest BCUT2D eigenvalue weighted by Crippen LogP contribution is -2.03. The van der Waals surface area contributed by atoms with Gasteiger partial charge in [-0.2, -0.15) is 0 Å². The van der Waals surface area contributed by atoms with Crippen LogP contribution in [0.4, 0.5) is 0 Å². The Morgan fingerprint density at radius 3 is 2.80 bits per heavy atom. The largest absolute Gasteiger partial charge is 0.477 e. The number of carboxylic acid groups (broad SMARTS) is 1. The van der Waals surface area contributed by atoms with Gasteiger partial charge < -0.3 is 9.67 Å². The summed E-state index contributed by atoms with van der Waals surface area (Å²) in [6, 6.07) is 6.70. The topological polar surface area (TPSA) is 59.3 Å². The molecule has 15 heavy (non-hydrogen) atoms. The van der Waals surface area contributed by atoms with Crippen LogP contribution in [-0.4, -0.2) is 21.9 Å². The number of benzene rings is 1. The van der Waals surface area contributed by atoms with Crippen LogP contribution in [0.25, 0.3) is 10.9 Å². The van der Waals surface area contributed by atoms with E-state index in [0.717, 1.165) is 11.8 Å². The zero-order valence-electron chi connectivity index (χ0n) is 8.10. The van der Waals surface area contributed by atoms with E-state index >= 15 is 0 Å². The number of aryl methyl sites for hydroxylation is 1. The first-order valence-electron chi connectivity index (χ1n) is 4.42. The number of carbonyl (C=O) groups is 2. The molecule has 0 aliphatic heterocycles.